The summed E-state index contributed by atoms with van der Waals surface area (Å²) in [7, 11) is 0. The van der Waals surface area contributed by atoms with E-state index in [2.05, 4.69) is 5.32 Å². The van der Waals surface area contributed by atoms with E-state index in [4.69, 9.17) is 0 Å². The van der Waals surface area contributed by atoms with Crippen molar-refractivity contribution in [2.75, 3.05) is 6.54 Å². The highest BCUT2D eigenvalue weighted by molar-refractivity contribution is 6.06. The van der Waals surface area contributed by atoms with Crippen LogP contribution >= 0.6 is 0 Å². The van der Waals surface area contributed by atoms with Gasteiger partial charge in [-0.1, -0.05) is 13.8 Å². The number of piperidine rings is 2. The zero-order chi connectivity index (χ0) is 14.3. The van der Waals surface area contributed by atoms with Gasteiger partial charge < -0.3 is 10.2 Å². The predicted octanol–water partition coefficient (Wildman–Crippen LogP) is 0.625. The zero-order valence-corrected chi connectivity index (χ0v) is 12.0. The van der Waals surface area contributed by atoms with Gasteiger partial charge in [0.1, 0.15) is 16.9 Å². The molecule has 108 valence electrons. The molecule has 0 radical (unpaired) electrons. The van der Waals surface area contributed by atoms with Crippen molar-refractivity contribution < 1.29 is 14.4 Å². The molecule has 0 aromatic rings. The van der Waals surface area contributed by atoms with E-state index < -0.39 is 16.5 Å². The van der Waals surface area contributed by atoms with Crippen molar-refractivity contribution in [3.05, 3.63) is 0 Å². The van der Waals surface area contributed by atoms with Crippen molar-refractivity contribution in [3.63, 3.8) is 0 Å². The number of hydrogen-bond acceptors (Lipinski definition) is 3. The van der Waals surface area contributed by atoms with Gasteiger partial charge in [-0.25, -0.2) is 0 Å². The molecule has 0 aromatic carbocycles. The second-order valence-electron chi connectivity index (χ2n) is 7.42. The van der Waals surface area contributed by atoms with E-state index >= 15 is 0 Å². The van der Waals surface area contributed by atoms with E-state index in [-0.39, 0.29) is 23.5 Å². The molecule has 0 aromatic heterocycles. The Balaban J connectivity index is 1.90. The number of rotatable bonds is 0. The maximum atomic E-state index is 13.0. The van der Waals surface area contributed by atoms with Gasteiger partial charge in [-0.3, -0.25) is 14.4 Å². The number of Topliss-reactive ketones (excluding diaryl/α,β-unsaturated/α-hetero) is 1. The average Bonchev–Trinajstić information content (AvgIpc) is 2.82. The highest BCUT2D eigenvalue weighted by Gasteiger charge is 2.72. The molecule has 1 N–H and O–H groups in total. The summed E-state index contributed by atoms with van der Waals surface area (Å²) in [6.07, 6.45) is 3.13. The fourth-order valence-electron chi connectivity index (χ4n) is 5.12. The van der Waals surface area contributed by atoms with Crippen LogP contribution in [-0.2, 0) is 14.4 Å². The van der Waals surface area contributed by atoms with Crippen molar-refractivity contribution in [1.82, 2.24) is 10.2 Å². The summed E-state index contributed by atoms with van der Waals surface area (Å²) >= 11 is 0. The number of nitrogens with one attached hydrogen (secondary N) is 1. The van der Waals surface area contributed by atoms with Gasteiger partial charge in [0.15, 0.2) is 0 Å². The number of hydrogen-bond donors (Lipinski definition) is 1. The molecule has 1 aliphatic carbocycles. The van der Waals surface area contributed by atoms with Gasteiger partial charge in [0.2, 0.25) is 11.8 Å². The molecule has 5 heteroatoms. The molecule has 4 heterocycles. The van der Waals surface area contributed by atoms with Crippen LogP contribution in [0.2, 0.25) is 0 Å². The van der Waals surface area contributed by atoms with Gasteiger partial charge in [-0.15, -0.1) is 0 Å². The van der Waals surface area contributed by atoms with Gasteiger partial charge in [0, 0.05) is 24.3 Å². The van der Waals surface area contributed by atoms with Crippen LogP contribution in [0.15, 0.2) is 0 Å². The third kappa shape index (κ3) is 1.07. The standard InChI is InChI=1S/C15H20N2O3/c1-13(2)9-8-14-5-3-7-17(14)12(20)15(9,16-11(14)19)6-4-10(13)18/h9H,3-8H2,1-2H3,(H,16,19). The SMILES string of the molecule is CC1(C)C(=O)CCC23NC(=O)C4(CCCN4C2=O)CC13. The van der Waals surface area contributed by atoms with Gasteiger partial charge in [0.05, 0.1) is 0 Å². The van der Waals surface area contributed by atoms with Crippen LogP contribution in [0.4, 0.5) is 0 Å². The summed E-state index contributed by atoms with van der Waals surface area (Å²) in [6, 6.07) is 0. The van der Waals surface area contributed by atoms with Crippen LogP contribution in [0.1, 0.15) is 46.0 Å². The molecular formula is C15H20N2O3. The quantitative estimate of drug-likeness (QED) is 0.705. The monoisotopic (exact) mass is 276 g/mol. The molecule has 4 saturated heterocycles. The molecule has 5 fully saturated rings. The summed E-state index contributed by atoms with van der Waals surface area (Å²) in [5, 5.41) is 3.04. The number of carbonyl (C=O) groups is 3. The second kappa shape index (κ2) is 3.26. The van der Waals surface area contributed by atoms with Crippen LogP contribution in [0, 0.1) is 11.3 Å². The number of amides is 2. The van der Waals surface area contributed by atoms with E-state index in [0.29, 0.717) is 25.8 Å². The molecule has 3 unspecified atom stereocenters. The van der Waals surface area contributed by atoms with Crippen LogP contribution in [0.3, 0.4) is 0 Å². The Bertz CT molecular complexity index is 555. The number of piperazine rings is 1. The topological polar surface area (TPSA) is 66.5 Å². The van der Waals surface area contributed by atoms with Gasteiger partial charge in [-0.05, 0) is 25.7 Å². The average molecular weight is 276 g/mol. The Hall–Kier alpha value is -1.39. The second-order valence-corrected chi connectivity index (χ2v) is 7.42. The molecule has 5 rings (SSSR count). The minimum Gasteiger partial charge on any atom is -0.339 e. The molecule has 20 heavy (non-hydrogen) atoms. The third-order valence-electron chi connectivity index (χ3n) is 6.35. The van der Waals surface area contributed by atoms with E-state index in [1.54, 1.807) is 0 Å². The molecule has 2 bridgehead atoms. The van der Waals surface area contributed by atoms with Crippen molar-refractivity contribution in [3.8, 4) is 0 Å². The Labute approximate surface area is 118 Å². The number of nitrogens with zero attached hydrogens (tertiary/aromatic N) is 1. The summed E-state index contributed by atoms with van der Waals surface area (Å²) in [4.78, 5) is 39.6. The molecule has 1 saturated carbocycles. The zero-order valence-electron chi connectivity index (χ0n) is 12.0. The van der Waals surface area contributed by atoms with Gasteiger partial charge >= 0.3 is 0 Å². The van der Waals surface area contributed by atoms with Crippen LogP contribution < -0.4 is 5.32 Å². The molecular weight excluding hydrogens is 256 g/mol. The summed E-state index contributed by atoms with van der Waals surface area (Å²) in [5.74, 6) is 0.238. The Kier molecular flexibility index (Phi) is 2.01. The molecule has 3 atom stereocenters. The minimum absolute atomic E-state index is 0.0102. The summed E-state index contributed by atoms with van der Waals surface area (Å²) in [5.41, 5.74) is -2.01. The lowest BCUT2D eigenvalue weighted by Crippen LogP contribution is -2.84. The molecule has 2 amide bonds. The van der Waals surface area contributed by atoms with Crippen LogP contribution in [0.5, 0.6) is 0 Å². The maximum absolute atomic E-state index is 13.0. The number of fused-ring (bicyclic) bond motifs is 1. The smallest absolute Gasteiger partial charge is 0.249 e. The maximum Gasteiger partial charge on any atom is 0.249 e. The molecule has 2 spiro atoms. The largest absolute Gasteiger partial charge is 0.339 e. The van der Waals surface area contributed by atoms with Crippen molar-refractivity contribution in [1.29, 1.82) is 0 Å². The van der Waals surface area contributed by atoms with E-state index in [1.165, 1.54) is 0 Å². The Morgan fingerprint density at radius 3 is 2.70 bits per heavy atom. The fraction of sp³-hybridized carbons (Fsp3) is 0.800. The molecule has 4 aliphatic heterocycles. The minimum atomic E-state index is -0.819. The highest BCUT2D eigenvalue weighted by atomic mass is 16.2. The predicted molar refractivity (Wildman–Crippen MR) is 70.7 cm³/mol. The number of carbonyl (C=O) groups excluding carboxylic acids is 3. The van der Waals surface area contributed by atoms with Crippen molar-refractivity contribution >= 4 is 17.6 Å². The first kappa shape index (κ1) is 12.4. The Morgan fingerprint density at radius 1 is 1.20 bits per heavy atom. The van der Waals surface area contributed by atoms with Crippen molar-refractivity contribution in [2.24, 2.45) is 11.3 Å². The van der Waals surface area contributed by atoms with Crippen molar-refractivity contribution in [2.45, 2.75) is 57.0 Å². The molecule has 5 nitrogen and oxygen atoms in total. The Morgan fingerprint density at radius 2 is 1.95 bits per heavy atom. The van der Waals surface area contributed by atoms with E-state index in [9.17, 15) is 14.4 Å². The normalized spacial score (nSPS) is 45.2. The number of ketones is 1. The fourth-order valence-corrected chi connectivity index (χ4v) is 5.12. The van der Waals surface area contributed by atoms with Gasteiger partial charge in [0.25, 0.3) is 0 Å². The lowest BCUT2D eigenvalue weighted by atomic mass is 9.51. The van der Waals surface area contributed by atoms with Crippen LogP contribution in [-0.4, -0.2) is 40.1 Å². The first-order valence-corrected chi connectivity index (χ1v) is 7.53. The first-order valence-electron chi connectivity index (χ1n) is 7.53. The summed E-state index contributed by atoms with van der Waals surface area (Å²) < 4.78 is 0. The lowest BCUT2D eigenvalue weighted by molar-refractivity contribution is -0.186. The first-order chi connectivity index (χ1) is 9.34. The van der Waals surface area contributed by atoms with E-state index in [1.807, 2.05) is 18.7 Å². The van der Waals surface area contributed by atoms with Crippen LogP contribution in [0.25, 0.3) is 0 Å². The highest BCUT2D eigenvalue weighted by Crippen LogP contribution is 2.58. The third-order valence-corrected chi connectivity index (χ3v) is 6.35. The van der Waals surface area contributed by atoms with E-state index in [0.717, 1.165) is 12.8 Å². The molecule has 5 aliphatic rings. The summed E-state index contributed by atoms with van der Waals surface area (Å²) in [6.45, 7) is 4.57. The van der Waals surface area contributed by atoms with Gasteiger partial charge in [-0.2, -0.15) is 0 Å². The lowest BCUT2D eigenvalue weighted by Gasteiger charge is -2.63.